The number of fused-ring (bicyclic) bond motifs is 1. The van der Waals surface area contributed by atoms with Crippen molar-refractivity contribution in [3.63, 3.8) is 0 Å². The number of thiazole rings is 1. The lowest BCUT2D eigenvalue weighted by Gasteiger charge is -2.17. The van der Waals surface area contributed by atoms with E-state index < -0.39 is 0 Å². The van der Waals surface area contributed by atoms with Gasteiger partial charge in [0.15, 0.2) is 5.01 Å². The number of nitrogens with zero attached hydrogens (tertiary/aromatic N) is 1. The highest BCUT2D eigenvalue weighted by atomic mass is 35.5. The molecule has 0 unspecified atom stereocenters. The molecular formula is C16H15ClN2S. The quantitative estimate of drug-likeness (QED) is 0.756. The Labute approximate surface area is 128 Å². The number of aromatic nitrogens is 1. The second-order valence-electron chi connectivity index (χ2n) is 4.75. The Kier molecular flexibility index (Phi) is 4.37. The van der Waals surface area contributed by atoms with Gasteiger partial charge in [-0.25, -0.2) is 4.98 Å². The van der Waals surface area contributed by atoms with E-state index in [9.17, 15) is 0 Å². The van der Waals surface area contributed by atoms with Crippen molar-refractivity contribution >= 4 is 22.9 Å². The molecule has 0 saturated carbocycles. The van der Waals surface area contributed by atoms with Crippen LogP contribution in [0.15, 0.2) is 23.7 Å². The molecule has 20 heavy (non-hydrogen) atoms. The summed E-state index contributed by atoms with van der Waals surface area (Å²) in [7, 11) is 0. The van der Waals surface area contributed by atoms with Gasteiger partial charge in [-0.2, -0.15) is 0 Å². The molecule has 1 N–H and O–H groups in total. The first kappa shape index (κ1) is 13.6. The third kappa shape index (κ3) is 3.04. The highest BCUT2D eigenvalue weighted by molar-refractivity contribution is 7.10. The van der Waals surface area contributed by atoms with E-state index in [1.54, 1.807) is 17.5 Å². The Morgan fingerprint density at radius 3 is 3.00 bits per heavy atom. The number of halogens is 1. The van der Waals surface area contributed by atoms with Gasteiger partial charge in [0, 0.05) is 17.1 Å². The van der Waals surface area contributed by atoms with Gasteiger partial charge in [0.2, 0.25) is 0 Å². The van der Waals surface area contributed by atoms with Gasteiger partial charge in [0.1, 0.15) is 0 Å². The first-order valence-electron chi connectivity index (χ1n) is 6.77. The Hall–Kier alpha value is -1.34. The third-order valence-electron chi connectivity index (χ3n) is 3.44. The van der Waals surface area contributed by atoms with Crippen LogP contribution in [0.5, 0.6) is 0 Å². The highest BCUT2D eigenvalue weighted by Gasteiger charge is 2.12. The molecule has 2 aromatic rings. The summed E-state index contributed by atoms with van der Waals surface area (Å²) in [5, 5.41) is 6.97. The molecule has 0 saturated heterocycles. The van der Waals surface area contributed by atoms with E-state index in [2.05, 4.69) is 28.2 Å². The van der Waals surface area contributed by atoms with Crippen molar-refractivity contribution in [2.24, 2.45) is 0 Å². The lowest BCUT2D eigenvalue weighted by molar-refractivity contribution is 0.625. The minimum Gasteiger partial charge on any atom is -0.316 e. The average molecular weight is 303 g/mol. The van der Waals surface area contributed by atoms with E-state index in [0.717, 1.165) is 47.9 Å². The molecule has 1 aromatic heterocycles. The predicted octanol–water partition coefficient (Wildman–Crippen LogP) is 3.27. The molecule has 0 atom stereocenters. The number of nitrogens with one attached hydrogen (secondary N) is 1. The number of hydrogen-bond acceptors (Lipinski definition) is 3. The molecule has 2 nitrogen and oxygen atoms in total. The summed E-state index contributed by atoms with van der Waals surface area (Å²) in [6, 6.07) is 4.10. The van der Waals surface area contributed by atoms with Crippen LogP contribution < -0.4 is 5.32 Å². The standard InChI is InChI=1S/C16H15ClN2S/c17-15-5-3-12-7-9-18-8-1-2-13(12)14(15)4-6-16-19-10-11-20-16/h3,5,10-11,18H,1-2,7-9H2. The van der Waals surface area contributed by atoms with Crippen molar-refractivity contribution in [1.82, 2.24) is 10.3 Å². The molecule has 0 aliphatic carbocycles. The van der Waals surface area contributed by atoms with Crippen LogP contribution >= 0.6 is 22.9 Å². The summed E-state index contributed by atoms with van der Waals surface area (Å²) >= 11 is 7.92. The fraction of sp³-hybridized carbons (Fsp3) is 0.312. The van der Waals surface area contributed by atoms with E-state index in [-0.39, 0.29) is 0 Å². The second-order valence-corrected chi connectivity index (χ2v) is 6.05. The predicted molar refractivity (Wildman–Crippen MR) is 84.4 cm³/mol. The SMILES string of the molecule is Clc1ccc2c(c1C#Cc1nccs1)CCCNCC2. The van der Waals surface area contributed by atoms with Crippen molar-refractivity contribution in [2.75, 3.05) is 13.1 Å². The van der Waals surface area contributed by atoms with Gasteiger partial charge in [-0.05, 0) is 55.5 Å². The molecular weight excluding hydrogens is 288 g/mol. The van der Waals surface area contributed by atoms with Gasteiger partial charge in [0.05, 0.1) is 5.02 Å². The van der Waals surface area contributed by atoms with Crippen LogP contribution in [0.4, 0.5) is 0 Å². The van der Waals surface area contributed by atoms with Crippen LogP contribution in [0.1, 0.15) is 28.1 Å². The summed E-state index contributed by atoms with van der Waals surface area (Å²) in [6.07, 6.45) is 4.97. The molecule has 1 aliphatic heterocycles. The van der Waals surface area contributed by atoms with Crippen LogP contribution in [0, 0.1) is 11.8 Å². The number of rotatable bonds is 0. The molecule has 0 spiro atoms. The maximum absolute atomic E-state index is 6.36. The molecule has 1 aromatic carbocycles. The van der Waals surface area contributed by atoms with Crippen LogP contribution in [0.3, 0.4) is 0 Å². The Morgan fingerprint density at radius 2 is 2.15 bits per heavy atom. The molecule has 0 amide bonds. The van der Waals surface area contributed by atoms with E-state index in [4.69, 9.17) is 11.6 Å². The lowest BCUT2D eigenvalue weighted by Crippen LogP contribution is -2.22. The molecule has 0 bridgehead atoms. The highest BCUT2D eigenvalue weighted by Crippen LogP contribution is 2.25. The molecule has 1 aliphatic rings. The van der Waals surface area contributed by atoms with Crippen LogP contribution in [0.25, 0.3) is 0 Å². The fourth-order valence-electron chi connectivity index (χ4n) is 2.46. The van der Waals surface area contributed by atoms with Gasteiger partial charge < -0.3 is 5.32 Å². The summed E-state index contributed by atoms with van der Waals surface area (Å²) in [5.74, 6) is 6.36. The van der Waals surface area contributed by atoms with Gasteiger partial charge in [-0.3, -0.25) is 0 Å². The van der Waals surface area contributed by atoms with Crippen molar-refractivity contribution in [3.8, 4) is 11.8 Å². The lowest BCUT2D eigenvalue weighted by atomic mass is 9.94. The molecule has 3 rings (SSSR count). The molecule has 102 valence electrons. The van der Waals surface area contributed by atoms with Crippen LogP contribution in [0.2, 0.25) is 5.02 Å². The Morgan fingerprint density at radius 1 is 1.20 bits per heavy atom. The summed E-state index contributed by atoms with van der Waals surface area (Å²) in [6.45, 7) is 2.08. The largest absolute Gasteiger partial charge is 0.316 e. The smallest absolute Gasteiger partial charge is 0.167 e. The van der Waals surface area contributed by atoms with Crippen molar-refractivity contribution < 1.29 is 0 Å². The molecule has 0 fully saturated rings. The summed E-state index contributed by atoms with van der Waals surface area (Å²) < 4.78 is 0. The van der Waals surface area contributed by atoms with E-state index in [1.165, 1.54) is 11.1 Å². The topological polar surface area (TPSA) is 24.9 Å². The minimum absolute atomic E-state index is 0.751. The van der Waals surface area contributed by atoms with Crippen molar-refractivity contribution in [2.45, 2.75) is 19.3 Å². The van der Waals surface area contributed by atoms with Gasteiger partial charge in [-0.15, -0.1) is 11.3 Å². The maximum atomic E-state index is 6.36. The Bertz CT molecular complexity index is 653. The van der Waals surface area contributed by atoms with Crippen molar-refractivity contribution in [3.05, 3.63) is 50.4 Å². The minimum atomic E-state index is 0.751. The zero-order valence-electron chi connectivity index (χ0n) is 11.1. The van der Waals surface area contributed by atoms with Gasteiger partial charge in [-0.1, -0.05) is 23.6 Å². The third-order valence-corrected chi connectivity index (χ3v) is 4.44. The number of hydrogen-bond donors (Lipinski definition) is 1. The normalized spacial score (nSPS) is 14.7. The average Bonchev–Trinajstić information content (AvgIpc) is 2.92. The van der Waals surface area contributed by atoms with Gasteiger partial charge in [0.25, 0.3) is 0 Å². The van der Waals surface area contributed by atoms with E-state index in [1.807, 2.05) is 11.4 Å². The molecule has 4 heteroatoms. The van der Waals surface area contributed by atoms with E-state index >= 15 is 0 Å². The van der Waals surface area contributed by atoms with Crippen LogP contribution in [-0.4, -0.2) is 18.1 Å². The fourth-order valence-corrected chi connectivity index (χ4v) is 3.16. The first-order chi connectivity index (χ1) is 9.84. The monoisotopic (exact) mass is 302 g/mol. The zero-order chi connectivity index (χ0) is 13.8. The Balaban J connectivity index is 2.02. The van der Waals surface area contributed by atoms with E-state index in [0.29, 0.717) is 0 Å². The first-order valence-corrected chi connectivity index (χ1v) is 8.03. The second kappa shape index (κ2) is 6.41. The van der Waals surface area contributed by atoms with Crippen LogP contribution in [-0.2, 0) is 12.8 Å². The summed E-state index contributed by atoms with van der Waals surface area (Å²) in [4.78, 5) is 4.20. The van der Waals surface area contributed by atoms with Crippen molar-refractivity contribution in [1.29, 1.82) is 0 Å². The summed E-state index contributed by atoms with van der Waals surface area (Å²) in [5.41, 5.74) is 3.68. The number of benzene rings is 1. The zero-order valence-corrected chi connectivity index (χ0v) is 12.7. The maximum Gasteiger partial charge on any atom is 0.167 e. The molecule has 0 radical (unpaired) electrons. The van der Waals surface area contributed by atoms with Gasteiger partial charge >= 0.3 is 0 Å². The molecule has 2 heterocycles.